The Morgan fingerprint density at radius 1 is 0.680 bits per heavy atom. The predicted octanol–water partition coefficient (Wildman–Crippen LogP) is 7.52. The van der Waals surface area contributed by atoms with Gasteiger partial charge in [-0.05, 0) is 37.0 Å². The Hall–Kier alpha value is 1.56. The van der Waals surface area contributed by atoms with Crippen molar-refractivity contribution in [3.63, 3.8) is 0 Å². The zero-order valence-corrected chi connectivity index (χ0v) is 24.2. The van der Waals surface area contributed by atoms with E-state index in [4.69, 9.17) is 0 Å². The van der Waals surface area contributed by atoms with E-state index in [-0.39, 0.29) is 21.1 Å². The van der Waals surface area contributed by atoms with E-state index >= 15 is 0 Å². The average Bonchev–Trinajstić information content (AvgIpc) is 2.60. The molecule has 0 heterocycles. The molecule has 0 N–H and O–H groups in total. The minimum Gasteiger partial charge on any atom is -0.184 e. The molecule has 1 aromatic carbocycles. The van der Waals surface area contributed by atoms with E-state index in [1.54, 1.807) is 0 Å². The monoisotopic (exact) mass is 681 g/mol. The van der Waals surface area contributed by atoms with E-state index in [0.717, 1.165) is 3.97 Å². The maximum atomic E-state index is 2.89. The summed E-state index contributed by atoms with van der Waals surface area (Å²) in [7, 11) is 0.892. The molecule has 1 aromatic rings. The van der Waals surface area contributed by atoms with Gasteiger partial charge in [-0.25, -0.2) is 0 Å². The van der Waals surface area contributed by atoms with Crippen molar-refractivity contribution in [1.82, 2.24) is 0 Å². The molecule has 0 aromatic heterocycles. The number of hydrogen-bond acceptors (Lipinski definition) is 0. The van der Waals surface area contributed by atoms with E-state index in [1.165, 1.54) is 37.0 Å². The minimum absolute atomic E-state index is 0. The first-order chi connectivity index (χ1) is 11.4. The molecular formula is C21H42P2PtTe-. The second kappa shape index (κ2) is 30.3. The van der Waals surface area contributed by atoms with Gasteiger partial charge in [0.15, 0.2) is 0 Å². The van der Waals surface area contributed by atoms with Crippen molar-refractivity contribution in [2.45, 2.75) is 59.4 Å². The fourth-order valence-electron chi connectivity index (χ4n) is 1.68. The second-order valence-corrected chi connectivity index (χ2v) is 14.5. The summed E-state index contributed by atoms with van der Waals surface area (Å²) in [5, 5.41) is 0. The maximum Gasteiger partial charge on any atom is 0 e. The molecule has 153 valence electrons. The normalized spacial score (nSPS) is 9.12. The Morgan fingerprint density at radius 2 is 0.920 bits per heavy atom. The van der Waals surface area contributed by atoms with Gasteiger partial charge in [0.25, 0.3) is 0 Å². The zero-order chi connectivity index (χ0) is 19.2. The van der Waals surface area contributed by atoms with Crippen molar-refractivity contribution >= 4 is 38.1 Å². The quantitative estimate of drug-likeness (QED) is 0.166. The van der Waals surface area contributed by atoms with Gasteiger partial charge in [-0.15, -0.1) is 15.8 Å². The molecule has 0 unspecified atom stereocenters. The summed E-state index contributed by atoms with van der Waals surface area (Å²) in [4.78, 5) is 0. The zero-order valence-electron chi connectivity index (χ0n) is 17.8. The first-order valence-corrected chi connectivity index (χ1v) is 14.6. The van der Waals surface area contributed by atoms with Crippen molar-refractivity contribution in [1.29, 1.82) is 0 Å². The largest absolute Gasteiger partial charge is 0.184 e. The van der Waals surface area contributed by atoms with Crippen LogP contribution in [0.4, 0.5) is 0 Å². The third-order valence-corrected chi connectivity index (χ3v) is 8.66. The van der Waals surface area contributed by atoms with Crippen molar-refractivity contribution in [2.24, 2.45) is 0 Å². The van der Waals surface area contributed by atoms with Crippen LogP contribution in [-0.4, -0.2) is 59.3 Å². The summed E-state index contributed by atoms with van der Waals surface area (Å²) in [6.45, 7) is 18.1. The van der Waals surface area contributed by atoms with Gasteiger partial charge in [0.1, 0.15) is 0 Å². The van der Waals surface area contributed by atoms with Gasteiger partial charge in [0, 0.05) is 21.1 Å². The van der Waals surface area contributed by atoms with Gasteiger partial charge in [-0.1, -0.05) is 41.5 Å². The van der Waals surface area contributed by atoms with Crippen LogP contribution < -0.4 is 0 Å². The third kappa shape index (κ3) is 37.1. The van der Waals surface area contributed by atoms with Crippen LogP contribution in [0.3, 0.4) is 0 Å². The van der Waals surface area contributed by atoms with Crippen LogP contribution in [0.5, 0.6) is 0 Å². The summed E-state index contributed by atoms with van der Waals surface area (Å²) in [5.74, 6) is 0. The van der Waals surface area contributed by atoms with Gasteiger partial charge in [-0.2, -0.15) is 36.4 Å². The van der Waals surface area contributed by atoms with E-state index in [1.807, 2.05) is 30.3 Å². The molecule has 0 saturated carbocycles. The third-order valence-electron chi connectivity index (χ3n) is 3.29. The van der Waals surface area contributed by atoms with Gasteiger partial charge >= 0.3 is 40.1 Å². The Bertz CT molecular complexity index is 237. The molecule has 0 nitrogen and oxygen atoms in total. The van der Waals surface area contributed by atoms with E-state index in [0.29, 0.717) is 15.8 Å². The van der Waals surface area contributed by atoms with Gasteiger partial charge in [-0.3, -0.25) is 0 Å². The molecule has 0 amide bonds. The minimum atomic E-state index is 0. The summed E-state index contributed by atoms with van der Waals surface area (Å²) >= 11 is 2.11. The Labute approximate surface area is 190 Å². The van der Waals surface area contributed by atoms with E-state index in [2.05, 4.69) is 83.8 Å². The van der Waals surface area contributed by atoms with Crippen LogP contribution in [0.2, 0.25) is 3.97 Å². The number of benzene rings is 1. The summed E-state index contributed by atoms with van der Waals surface area (Å²) < 4.78 is 0.843. The van der Waals surface area contributed by atoms with Crippen molar-refractivity contribution in [3.8, 4) is 0 Å². The molecule has 1 radical (unpaired) electrons. The smallest absolute Gasteiger partial charge is 0 e. The van der Waals surface area contributed by atoms with Crippen molar-refractivity contribution in [3.05, 3.63) is 36.4 Å². The maximum absolute atomic E-state index is 2.89. The Morgan fingerprint density at radius 3 is 0.960 bits per heavy atom. The van der Waals surface area contributed by atoms with Gasteiger partial charge in [0.2, 0.25) is 0 Å². The fourth-order valence-corrected chi connectivity index (χ4v) is 4.37. The fraction of sp³-hybridized carbons (Fsp3) is 0.714. The molecule has 0 atom stereocenters. The van der Waals surface area contributed by atoms with Crippen LogP contribution in [0.15, 0.2) is 30.3 Å². The van der Waals surface area contributed by atoms with Gasteiger partial charge in [0.05, 0.1) is 0 Å². The van der Waals surface area contributed by atoms with Crippen molar-refractivity contribution in [2.75, 3.05) is 37.0 Å². The standard InChI is InChI=1S/2C6H15P.C6H5.C3H7Te.Pt/c2*1-4-7(5-2)6-3;1-2-4-6-5-3-1;1-3(2)4;/h2*4-6H2,1-3H3;1-5H;3H,1-2H3;/q;;-1;;. The van der Waals surface area contributed by atoms with Crippen LogP contribution in [0.25, 0.3) is 0 Å². The molecule has 0 aliphatic heterocycles. The van der Waals surface area contributed by atoms with E-state index < -0.39 is 0 Å². The Balaban J connectivity index is -0.000000118. The van der Waals surface area contributed by atoms with Crippen molar-refractivity contribution < 1.29 is 21.1 Å². The molecule has 0 bridgehead atoms. The predicted molar refractivity (Wildman–Crippen MR) is 123 cm³/mol. The first kappa shape index (κ1) is 34.1. The SMILES string of the molecule is CC(C)[Te].CCP(CC)CC.CCP(CC)CC.[Pt].[c-]1ccccc1. The molecular weight excluding hydrogens is 637 g/mol. The molecule has 1 rings (SSSR count). The summed E-state index contributed by atoms with van der Waals surface area (Å²) in [6.07, 6.45) is 8.51. The van der Waals surface area contributed by atoms with Crippen LogP contribution in [-0.2, 0) is 21.1 Å². The molecule has 0 fully saturated rings. The first-order valence-electron chi connectivity index (χ1n) is 9.44. The van der Waals surface area contributed by atoms with Crippen LogP contribution >= 0.6 is 15.8 Å². The molecule has 4 heteroatoms. The molecule has 0 aliphatic carbocycles. The van der Waals surface area contributed by atoms with Crippen LogP contribution in [0, 0.1) is 6.07 Å². The van der Waals surface area contributed by atoms with Crippen LogP contribution in [0.1, 0.15) is 55.4 Å². The van der Waals surface area contributed by atoms with Gasteiger partial charge < -0.3 is 0 Å². The summed E-state index contributed by atoms with van der Waals surface area (Å²) in [5.41, 5.74) is 0. The topological polar surface area (TPSA) is 0 Å². The van der Waals surface area contributed by atoms with E-state index in [9.17, 15) is 0 Å². The second-order valence-electron chi connectivity index (χ2n) is 5.37. The summed E-state index contributed by atoms with van der Waals surface area (Å²) in [6, 6.07) is 12.5. The molecule has 0 spiro atoms. The Kier molecular flexibility index (Phi) is 41.3. The molecule has 25 heavy (non-hydrogen) atoms. The molecule has 0 saturated heterocycles. The average molecular weight is 679 g/mol. The number of hydrogen-bond donors (Lipinski definition) is 0. The molecule has 0 aliphatic rings. The number of rotatable bonds is 6.